The van der Waals surface area contributed by atoms with Gasteiger partial charge in [-0.25, -0.2) is 0 Å². The van der Waals surface area contributed by atoms with Crippen LogP contribution in [0.1, 0.15) is 0 Å². The Morgan fingerprint density at radius 3 is 0.583 bits per heavy atom. The summed E-state index contributed by atoms with van der Waals surface area (Å²) in [6.45, 7) is 0. The molecule has 12 aromatic carbocycles. The highest BCUT2D eigenvalue weighted by Crippen LogP contribution is 2.43. The van der Waals surface area contributed by atoms with Crippen molar-refractivity contribution in [2.75, 3.05) is 0 Å². The lowest BCUT2D eigenvalue weighted by Crippen LogP contribution is -1.89. The molecule has 0 unspecified atom stereocenters. The molecule has 0 heteroatoms. The molecule has 12 aromatic rings. The van der Waals surface area contributed by atoms with Crippen molar-refractivity contribution in [2.45, 2.75) is 0 Å². The van der Waals surface area contributed by atoms with Crippen molar-refractivity contribution >= 4 is 97.0 Å². The van der Waals surface area contributed by atoms with Crippen LogP contribution in [-0.2, 0) is 0 Å². The first-order valence-corrected chi connectivity index (χ1v) is 16.6. The molecule has 0 nitrogen and oxygen atoms in total. The number of hydrogen-bond donors (Lipinski definition) is 0. The molecule has 0 aliphatic rings. The SMILES string of the molecule is [c]1cc2ccc3cc(-c4cc5ccc6cc(-c7cc8ccc9c[c]cc%10ccc(c7)c8c9%10)cc7ccc(c4)c5c67)cc4ccc(c1)c2c34. The van der Waals surface area contributed by atoms with Crippen molar-refractivity contribution < 1.29 is 0 Å². The fraction of sp³-hybridized carbons (Fsp3) is 0. The van der Waals surface area contributed by atoms with Crippen LogP contribution in [0.5, 0.6) is 0 Å². The van der Waals surface area contributed by atoms with Crippen molar-refractivity contribution in [1.29, 1.82) is 0 Å². The zero-order valence-electron chi connectivity index (χ0n) is 25.9. The fourth-order valence-corrected chi connectivity index (χ4v) is 8.87. The summed E-state index contributed by atoms with van der Waals surface area (Å²) >= 11 is 0. The first-order chi connectivity index (χ1) is 23.7. The molecule has 0 aliphatic heterocycles. The van der Waals surface area contributed by atoms with Crippen LogP contribution in [-0.4, -0.2) is 0 Å². The highest BCUT2D eigenvalue weighted by molar-refractivity contribution is 6.27. The molecule has 216 valence electrons. The first-order valence-electron chi connectivity index (χ1n) is 16.6. The molecule has 48 heavy (non-hydrogen) atoms. The standard InChI is InChI=1S/C48H24/c1-3-27-7-11-31-19-39(20-32-12-8-28(4-1)43(27)45(31)32)41-23-35-15-17-37-25-42(26-38-18-16-36(24-41)47(35)48(37)38)40-21-33-13-9-29-5-2-6-30-10-14-34(22-40)46(33)44(29)30/h3-26H. The Bertz CT molecular complexity index is 2850. The van der Waals surface area contributed by atoms with E-state index in [2.05, 4.69) is 158 Å². The Morgan fingerprint density at radius 2 is 0.375 bits per heavy atom. The van der Waals surface area contributed by atoms with Gasteiger partial charge in [-0.05, 0) is 204 Å². The van der Waals surface area contributed by atoms with Gasteiger partial charge < -0.3 is 0 Å². The predicted octanol–water partition coefficient (Wildman–Crippen LogP) is 13.3. The van der Waals surface area contributed by atoms with E-state index in [4.69, 9.17) is 0 Å². The highest BCUT2D eigenvalue weighted by atomic mass is 14.2. The zero-order chi connectivity index (χ0) is 31.1. The van der Waals surface area contributed by atoms with Crippen LogP contribution in [0.25, 0.3) is 119 Å². The van der Waals surface area contributed by atoms with E-state index in [1.165, 1.54) is 119 Å². The lowest BCUT2D eigenvalue weighted by atomic mass is 9.87. The predicted molar refractivity (Wildman–Crippen MR) is 206 cm³/mol. The van der Waals surface area contributed by atoms with Gasteiger partial charge in [-0.3, -0.25) is 0 Å². The molecular formula is C48H24. The molecule has 0 fully saturated rings. The molecule has 0 aliphatic carbocycles. The molecule has 0 heterocycles. The molecule has 0 N–H and O–H groups in total. The van der Waals surface area contributed by atoms with Crippen LogP contribution in [0.3, 0.4) is 0 Å². The summed E-state index contributed by atoms with van der Waals surface area (Å²) < 4.78 is 0. The quantitative estimate of drug-likeness (QED) is 0.173. The molecule has 0 saturated heterocycles. The maximum absolute atomic E-state index is 3.30. The normalized spacial score (nSPS) is 12.6. The second-order valence-electron chi connectivity index (χ2n) is 13.6. The summed E-state index contributed by atoms with van der Waals surface area (Å²) in [5.41, 5.74) is 5.03. The van der Waals surface area contributed by atoms with Crippen LogP contribution in [0.15, 0.2) is 146 Å². The average Bonchev–Trinajstić information content (AvgIpc) is 3.14. The van der Waals surface area contributed by atoms with E-state index in [0.29, 0.717) is 0 Å². The molecule has 0 saturated carbocycles. The maximum atomic E-state index is 3.30. The molecule has 0 amide bonds. The van der Waals surface area contributed by atoms with Crippen LogP contribution < -0.4 is 0 Å². The van der Waals surface area contributed by atoms with Gasteiger partial charge in [0.05, 0.1) is 0 Å². The summed E-state index contributed by atoms with van der Waals surface area (Å²) in [5.74, 6) is 0. The van der Waals surface area contributed by atoms with E-state index < -0.39 is 0 Å². The smallest absolute Gasteiger partial charge is 0.00264 e. The minimum Gasteiger partial charge on any atom is -0.0537 e. The zero-order valence-corrected chi connectivity index (χ0v) is 25.9. The second-order valence-corrected chi connectivity index (χ2v) is 13.6. The fourth-order valence-electron chi connectivity index (χ4n) is 8.87. The molecule has 0 aromatic heterocycles. The van der Waals surface area contributed by atoms with Gasteiger partial charge in [0.2, 0.25) is 0 Å². The summed E-state index contributed by atoms with van der Waals surface area (Å²) in [4.78, 5) is 0. The van der Waals surface area contributed by atoms with E-state index in [1.54, 1.807) is 0 Å². The molecule has 2 radical (unpaired) electrons. The van der Waals surface area contributed by atoms with Crippen molar-refractivity contribution in [3.63, 3.8) is 0 Å². The second kappa shape index (κ2) is 8.76. The molecule has 0 spiro atoms. The largest absolute Gasteiger partial charge is 0.0537 e. The van der Waals surface area contributed by atoms with Gasteiger partial charge in [0.1, 0.15) is 0 Å². The van der Waals surface area contributed by atoms with Gasteiger partial charge in [0, 0.05) is 0 Å². The molecule has 0 atom stereocenters. The third-order valence-corrected chi connectivity index (χ3v) is 11.0. The van der Waals surface area contributed by atoms with Gasteiger partial charge in [-0.2, -0.15) is 0 Å². The van der Waals surface area contributed by atoms with Crippen LogP contribution in [0.2, 0.25) is 0 Å². The van der Waals surface area contributed by atoms with E-state index in [-0.39, 0.29) is 0 Å². The Morgan fingerprint density at radius 1 is 0.208 bits per heavy atom. The van der Waals surface area contributed by atoms with Crippen molar-refractivity contribution in [1.82, 2.24) is 0 Å². The molecular weight excluding hydrogens is 577 g/mol. The number of rotatable bonds is 2. The Kier molecular flexibility index (Phi) is 4.55. The topological polar surface area (TPSA) is 0 Å². The molecule has 12 rings (SSSR count). The van der Waals surface area contributed by atoms with Crippen molar-refractivity contribution in [3.8, 4) is 22.3 Å². The third-order valence-electron chi connectivity index (χ3n) is 11.0. The third kappa shape index (κ3) is 3.24. The van der Waals surface area contributed by atoms with E-state index in [0.717, 1.165) is 0 Å². The maximum Gasteiger partial charge on any atom is -0.00264 e. The van der Waals surface area contributed by atoms with Gasteiger partial charge in [0.25, 0.3) is 0 Å². The Labute approximate surface area is 276 Å². The summed E-state index contributed by atoms with van der Waals surface area (Å²) in [6.07, 6.45) is 0. The lowest BCUT2D eigenvalue weighted by Gasteiger charge is -2.16. The van der Waals surface area contributed by atoms with Crippen LogP contribution in [0.4, 0.5) is 0 Å². The van der Waals surface area contributed by atoms with E-state index in [1.807, 2.05) is 0 Å². The average molecular weight is 601 g/mol. The lowest BCUT2D eigenvalue weighted by molar-refractivity contribution is 1.70. The van der Waals surface area contributed by atoms with Gasteiger partial charge in [-0.15, -0.1) is 0 Å². The minimum atomic E-state index is 1.25. The number of benzene rings is 12. The van der Waals surface area contributed by atoms with Crippen molar-refractivity contribution in [2.24, 2.45) is 0 Å². The minimum absolute atomic E-state index is 1.25. The Balaban J connectivity index is 1.03. The van der Waals surface area contributed by atoms with E-state index >= 15 is 0 Å². The summed E-state index contributed by atoms with van der Waals surface area (Å²) in [7, 11) is 0. The summed E-state index contributed by atoms with van der Waals surface area (Å²) in [5, 5.41) is 23.4. The van der Waals surface area contributed by atoms with Gasteiger partial charge in [-0.1, -0.05) is 72.8 Å². The first kappa shape index (κ1) is 24.9. The monoisotopic (exact) mass is 600 g/mol. The van der Waals surface area contributed by atoms with E-state index in [9.17, 15) is 0 Å². The van der Waals surface area contributed by atoms with Gasteiger partial charge in [0.15, 0.2) is 0 Å². The van der Waals surface area contributed by atoms with Crippen LogP contribution >= 0.6 is 0 Å². The van der Waals surface area contributed by atoms with Gasteiger partial charge >= 0.3 is 0 Å². The van der Waals surface area contributed by atoms with Crippen molar-refractivity contribution in [3.05, 3.63) is 158 Å². The highest BCUT2D eigenvalue weighted by Gasteiger charge is 2.16. The summed E-state index contributed by atoms with van der Waals surface area (Å²) in [6, 6.07) is 61.3. The molecule has 0 bridgehead atoms. The Hall–Kier alpha value is -6.24. The van der Waals surface area contributed by atoms with Crippen LogP contribution in [0, 0.1) is 12.1 Å². The number of hydrogen-bond acceptors (Lipinski definition) is 0.